The fraction of sp³-hybridized carbons (Fsp3) is 0.316. The van der Waals surface area contributed by atoms with Crippen LogP contribution in [0.2, 0.25) is 10.0 Å². The summed E-state index contributed by atoms with van der Waals surface area (Å²) >= 11 is 11.8. The van der Waals surface area contributed by atoms with Crippen molar-refractivity contribution in [2.75, 3.05) is 18.4 Å². The Morgan fingerprint density at radius 2 is 1.86 bits per heavy atom. The average Bonchev–Trinajstić information content (AvgIpc) is 2.67. The van der Waals surface area contributed by atoms with Crippen LogP contribution in [0.4, 0.5) is 14.5 Å². The average molecular weight is 463 g/mol. The number of rotatable bonds is 5. The maximum absolute atomic E-state index is 13.3. The zero-order valence-corrected chi connectivity index (χ0v) is 17.5. The Labute approximate surface area is 177 Å². The van der Waals surface area contributed by atoms with Crippen LogP contribution >= 0.6 is 23.2 Å². The summed E-state index contributed by atoms with van der Waals surface area (Å²) in [4.78, 5) is 12.5. The van der Waals surface area contributed by atoms with Gasteiger partial charge in [-0.3, -0.25) is 4.79 Å². The number of halogens is 4. The van der Waals surface area contributed by atoms with Crippen LogP contribution in [0.1, 0.15) is 18.4 Å². The molecule has 1 heterocycles. The van der Waals surface area contributed by atoms with Gasteiger partial charge in [-0.15, -0.1) is 0 Å². The van der Waals surface area contributed by atoms with Crippen LogP contribution < -0.4 is 5.32 Å². The van der Waals surface area contributed by atoms with E-state index in [4.69, 9.17) is 23.2 Å². The van der Waals surface area contributed by atoms with Gasteiger partial charge in [0.05, 0.1) is 21.7 Å². The molecule has 29 heavy (non-hydrogen) atoms. The van der Waals surface area contributed by atoms with Crippen molar-refractivity contribution >= 4 is 44.8 Å². The van der Waals surface area contributed by atoms with Crippen LogP contribution in [-0.4, -0.2) is 31.7 Å². The first-order valence-corrected chi connectivity index (χ1v) is 11.2. The Bertz CT molecular complexity index is 1030. The number of carbonyl (C=O) groups excluding carboxylic acids is 1. The van der Waals surface area contributed by atoms with E-state index in [1.54, 1.807) is 6.07 Å². The largest absolute Gasteiger partial charge is 0.326 e. The van der Waals surface area contributed by atoms with E-state index in [9.17, 15) is 22.0 Å². The van der Waals surface area contributed by atoms with E-state index in [-0.39, 0.29) is 23.0 Å². The molecule has 10 heteroatoms. The SMILES string of the molecule is O=C(Nc1ccc(F)c(F)c1)C1CCCN(S(=O)(=O)Cc2ccc(Cl)c(Cl)c2)C1. The number of carbonyl (C=O) groups is 1. The second kappa shape index (κ2) is 8.95. The summed E-state index contributed by atoms with van der Waals surface area (Å²) in [5.74, 6) is -3.38. The van der Waals surface area contributed by atoms with Crippen molar-refractivity contribution in [1.82, 2.24) is 4.31 Å². The van der Waals surface area contributed by atoms with Gasteiger partial charge in [-0.2, -0.15) is 0 Å². The molecule has 0 aromatic heterocycles. The molecule has 5 nitrogen and oxygen atoms in total. The van der Waals surface area contributed by atoms with Gasteiger partial charge in [0.1, 0.15) is 0 Å². The molecule has 0 spiro atoms. The normalized spacial score (nSPS) is 17.9. The van der Waals surface area contributed by atoms with Gasteiger partial charge in [0, 0.05) is 24.8 Å². The van der Waals surface area contributed by atoms with Crippen LogP contribution in [0.3, 0.4) is 0 Å². The lowest BCUT2D eigenvalue weighted by Crippen LogP contribution is -2.44. The molecule has 2 aromatic carbocycles. The van der Waals surface area contributed by atoms with E-state index in [2.05, 4.69) is 5.32 Å². The molecule has 1 aliphatic rings. The van der Waals surface area contributed by atoms with Crippen LogP contribution in [-0.2, 0) is 20.6 Å². The van der Waals surface area contributed by atoms with Gasteiger partial charge < -0.3 is 5.32 Å². The Kier molecular flexibility index (Phi) is 6.78. The summed E-state index contributed by atoms with van der Waals surface area (Å²) in [7, 11) is -3.68. The van der Waals surface area contributed by atoms with Crippen LogP contribution in [0, 0.1) is 17.6 Å². The van der Waals surface area contributed by atoms with Gasteiger partial charge in [-0.05, 0) is 42.7 Å². The molecule has 1 aliphatic heterocycles. The molecule has 1 N–H and O–H groups in total. The number of hydrogen-bond acceptors (Lipinski definition) is 3. The van der Waals surface area contributed by atoms with Crippen molar-refractivity contribution in [3.05, 3.63) is 63.6 Å². The number of anilines is 1. The van der Waals surface area contributed by atoms with Crippen LogP contribution in [0.5, 0.6) is 0 Å². The van der Waals surface area contributed by atoms with Gasteiger partial charge in [0.15, 0.2) is 11.6 Å². The Balaban J connectivity index is 1.67. The van der Waals surface area contributed by atoms with Crippen molar-refractivity contribution in [2.24, 2.45) is 5.92 Å². The molecule has 1 amide bonds. The third-order valence-corrected chi connectivity index (χ3v) is 7.22. The number of hydrogen-bond donors (Lipinski definition) is 1. The molecular weight excluding hydrogens is 445 g/mol. The number of piperidine rings is 1. The third kappa shape index (κ3) is 5.45. The topological polar surface area (TPSA) is 66.5 Å². The first kappa shape index (κ1) is 22.0. The fourth-order valence-electron chi connectivity index (χ4n) is 3.16. The summed E-state index contributed by atoms with van der Waals surface area (Å²) in [6.07, 6.45) is 1.00. The van der Waals surface area contributed by atoms with Crippen LogP contribution in [0.15, 0.2) is 36.4 Å². The summed E-state index contributed by atoms with van der Waals surface area (Å²) in [6.45, 7) is 0.317. The second-order valence-corrected chi connectivity index (χ2v) is 9.60. The predicted molar refractivity (Wildman–Crippen MR) is 108 cm³/mol. The molecule has 0 radical (unpaired) electrons. The second-order valence-electron chi connectivity index (χ2n) is 6.82. The van der Waals surface area contributed by atoms with Gasteiger partial charge in [-0.25, -0.2) is 21.5 Å². The summed E-state index contributed by atoms with van der Waals surface area (Å²) in [5.41, 5.74) is 0.609. The maximum Gasteiger partial charge on any atom is 0.228 e. The smallest absolute Gasteiger partial charge is 0.228 e. The summed E-state index contributed by atoms with van der Waals surface area (Å²) in [5, 5.41) is 3.11. The van der Waals surface area contributed by atoms with E-state index in [1.807, 2.05) is 0 Å². The lowest BCUT2D eigenvalue weighted by atomic mass is 9.98. The minimum atomic E-state index is -3.68. The number of benzene rings is 2. The monoisotopic (exact) mass is 462 g/mol. The molecule has 0 saturated carbocycles. The Hall–Kier alpha value is -1.74. The molecule has 0 bridgehead atoms. The molecule has 156 valence electrons. The highest BCUT2D eigenvalue weighted by atomic mass is 35.5. The zero-order valence-electron chi connectivity index (χ0n) is 15.2. The van der Waals surface area contributed by atoms with Crippen molar-refractivity contribution in [1.29, 1.82) is 0 Å². The van der Waals surface area contributed by atoms with Crippen molar-refractivity contribution in [3.8, 4) is 0 Å². The molecule has 1 unspecified atom stereocenters. The molecular formula is C19H18Cl2F2N2O3S. The van der Waals surface area contributed by atoms with Gasteiger partial charge in [-0.1, -0.05) is 29.3 Å². The minimum Gasteiger partial charge on any atom is -0.326 e. The molecule has 1 atom stereocenters. The first-order valence-electron chi connectivity index (χ1n) is 8.83. The van der Waals surface area contributed by atoms with Gasteiger partial charge >= 0.3 is 0 Å². The predicted octanol–water partition coefficient (Wildman–Crippen LogP) is 4.45. The van der Waals surface area contributed by atoms with E-state index in [0.29, 0.717) is 30.0 Å². The lowest BCUT2D eigenvalue weighted by Gasteiger charge is -2.31. The zero-order chi connectivity index (χ0) is 21.2. The highest BCUT2D eigenvalue weighted by molar-refractivity contribution is 7.88. The third-order valence-electron chi connectivity index (χ3n) is 4.67. The van der Waals surface area contributed by atoms with E-state index >= 15 is 0 Å². The fourth-order valence-corrected chi connectivity index (χ4v) is 5.08. The number of sulfonamides is 1. The quantitative estimate of drug-likeness (QED) is 0.713. The number of nitrogens with zero attached hydrogens (tertiary/aromatic N) is 1. The Morgan fingerprint density at radius 1 is 1.10 bits per heavy atom. The molecule has 2 aromatic rings. The molecule has 1 saturated heterocycles. The summed E-state index contributed by atoms with van der Waals surface area (Å²) < 4.78 is 53.2. The van der Waals surface area contributed by atoms with Crippen molar-refractivity contribution in [3.63, 3.8) is 0 Å². The van der Waals surface area contributed by atoms with E-state index < -0.39 is 33.5 Å². The van der Waals surface area contributed by atoms with Crippen molar-refractivity contribution < 1.29 is 22.0 Å². The summed E-state index contributed by atoms with van der Waals surface area (Å²) in [6, 6.07) is 7.66. The Morgan fingerprint density at radius 3 is 2.55 bits per heavy atom. The minimum absolute atomic E-state index is 0.0131. The molecule has 3 rings (SSSR count). The molecule has 1 fully saturated rings. The molecule has 0 aliphatic carbocycles. The first-order chi connectivity index (χ1) is 13.7. The van der Waals surface area contributed by atoms with E-state index in [0.717, 1.165) is 12.1 Å². The number of nitrogens with one attached hydrogen (secondary N) is 1. The maximum atomic E-state index is 13.3. The lowest BCUT2D eigenvalue weighted by molar-refractivity contribution is -0.120. The van der Waals surface area contributed by atoms with Crippen LogP contribution in [0.25, 0.3) is 0 Å². The van der Waals surface area contributed by atoms with Crippen molar-refractivity contribution in [2.45, 2.75) is 18.6 Å². The van der Waals surface area contributed by atoms with E-state index in [1.165, 1.54) is 22.5 Å². The standard InChI is InChI=1S/C19H18Cl2F2N2O3S/c20-15-5-3-12(8-16(15)21)11-29(27,28)25-7-1-2-13(10-25)19(26)24-14-4-6-17(22)18(23)9-14/h3-6,8-9,13H,1-2,7,10-11H2,(H,24,26). The van der Waals surface area contributed by atoms with Gasteiger partial charge in [0.25, 0.3) is 0 Å². The number of amides is 1. The highest BCUT2D eigenvalue weighted by Gasteiger charge is 2.32. The highest BCUT2D eigenvalue weighted by Crippen LogP contribution is 2.26. The van der Waals surface area contributed by atoms with Gasteiger partial charge in [0.2, 0.25) is 15.9 Å².